The summed E-state index contributed by atoms with van der Waals surface area (Å²) in [7, 11) is 3.94. The van der Waals surface area contributed by atoms with Crippen LogP contribution in [0.5, 0.6) is 0 Å². The zero-order chi connectivity index (χ0) is 12.0. The molecule has 0 saturated carbocycles. The van der Waals surface area contributed by atoms with E-state index in [0.717, 1.165) is 13.0 Å². The number of ether oxygens (including phenoxy) is 1. The molecule has 1 aromatic rings. The Morgan fingerprint density at radius 3 is 2.82 bits per heavy atom. The Hall–Kier alpha value is -0.840. The molecule has 0 bridgehead atoms. The first-order valence-electron chi connectivity index (χ1n) is 5.03. The molecule has 0 amide bonds. The highest BCUT2D eigenvalue weighted by atomic mass is 35.5. The third kappa shape index (κ3) is 5.86. The lowest BCUT2D eigenvalue weighted by atomic mass is 10.3. The standard InChI is InChI=1S/C11H15ClN2O2.ClH/c1-14(2)7-4-8-16-11(15)9-5-3-6-13-10(9)12;/h3,5-6H,4,7-8H2,1-2H3;1H. The van der Waals surface area contributed by atoms with Crippen molar-refractivity contribution < 1.29 is 9.53 Å². The van der Waals surface area contributed by atoms with Crippen LogP contribution in [0.4, 0.5) is 0 Å². The summed E-state index contributed by atoms with van der Waals surface area (Å²) in [5.74, 6) is -0.420. The van der Waals surface area contributed by atoms with E-state index < -0.39 is 5.97 Å². The molecule has 0 aliphatic rings. The van der Waals surface area contributed by atoms with Crippen LogP contribution in [-0.4, -0.2) is 43.1 Å². The van der Waals surface area contributed by atoms with E-state index in [1.807, 2.05) is 19.0 Å². The van der Waals surface area contributed by atoms with Gasteiger partial charge in [-0.05, 0) is 32.6 Å². The van der Waals surface area contributed by atoms with Crippen molar-refractivity contribution in [3.05, 3.63) is 29.0 Å². The molecule has 4 nitrogen and oxygen atoms in total. The Kier molecular flexibility index (Phi) is 7.87. The fourth-order valence-electron chi connectivity index (χ4n) is 1.16. The molecule has 0 radical (unpaired) electrons. The third-order valence-electron chi connectivity index (χ3n) is 1.96. The zero-order valence-electron chi connectivity index (χ0n) is 9.85. The van der Waals surface area contributed by atoms with Crippen LogP contribution < -0.4 is 0 Å². The summed E-state index contributed by atoms with van der Waals surface area (Å²) in [5, 5.41) is 0.181. The maximum Gasteiger partial charge on any atom is 0.341 e. The average molecular weight is 279 g/mol. The lowest BCUT2D eigenvalue weighted by molar-refractivity contribution is 0.0493. The molecule has 6 heteroatoms. The van der Waals surface area contributed by atoms with Crippen molar-refractivity contribution in [2.24, 2.45) is 0 Å². The van der Waals surface area contributed by atoms with Gasteiger partial charge in [0.05, 0.1) is 12.2 Å². The first-order valence-corrected chi connectivity index (χ1v) is 5.41. The number of carbonyl (C=O) groups is 1. The minimum absolute atomic E-state index is 0. The van der Waals surface area contributed by atoms with E-state index in [-0.39, 0.29) is 17.6 Å². The van der Waals surface area contributed by atoms with Crippen LogP contribution >= 0.6 is 24.0 Å². The molecule has 1 aromatic heterocycles. The maximum absolute atomic E-state index is 11.5. The summed E-state index contributed by atoms with van der Waals surface area (Å²) in [6.45, 7) is 1.27. The molecule has 1 rings (SSSR count). The fraction of sp³-hybridized carbons (Fsp3) is 0.455. The first kappa shape index (κ1) is 16.2. The minimum Gasteiger partial charge on any atom is -0.462 e. The predicted octanol–water partition coefficient (Wildman–Crippen LogP) is 2.27. The van der Waals surface area contributed by atoms with Crippen LogP contribution in [-0.2, 0) is 4.74 Å². The number of pyridine rings is 1. The Morgan fingerprint density at radius 2 is 2.24 bits per heavy atom. The van der Waals surface area contributed by atoms with Gasteiger partial charge >= 0.3 is 5.97 Å². The minimum atomic E-state index is -0.420. The van der Waals surface area contributed by atoms with E-state index in [0.29, 0.717) is 12.2 Å². The second-order valence-electron chi connectivity index (χ2n) is 3.63. The molecular formula is C11H16Cl2N2O2. The van der Waals surface area contributed by atoms with Gasteiger partial charge in [-0.1, -0.05) is 11.6 Å². The van der Waals surface area contributed by atoms with Crippen molar-refractivity contribution in [3.8, 4) is 0 Å². The first-order chi connectivity index (χ1) is 7.61. The molecule has 96 valence electrons. The highest BCUT2D eigenvalue weighted by molar-refractivity contribution is 6.32. The van der Waals surface area contributed by atoms with Crippen LogP contribution in [0, 0.1) is 0 Å². The van der Waals surface area contributed by atoms with Crippen molar-refractivity contribution >= 4 is 30.0 Å². The molecule has 0 N–H and O–H groups in total. The van der Waals surface area contributed by atoms with Crippen molar-refractivity contribution in [3.63, 3.8) is 0 Å². The molecule has 1 heterocycles. The lowest BCUT2D eigenvalue weighted by Crippen LogP contribution is -2.16. The number of carbonyl (C=O) groups excluding carboxylic acids is 1. The number of esters is 1. The van der Waals surface area contributed by atoms with Crippen LogP contribution in [0.25, 0.3) is 0 Å². The number of aromatic nitrogens is 1. The Morgan fingerprint density at radius 1 is 1.53 bits per heavy atom. The molecule has 0 aliphatic carbocycles. The molecule has 0 saturated heterocycles. The number of hydrogen-bond donors (Lipinski definition) is 0. The molecule has 0 spiro atoms. The summed E-state index contributed by atoms with van der Waals surface area (Å²) >= 11 is 5.76. The van der Waals surface area contributed by atoms with E-state index >= 15 is 0 Å². The van der Waals surface area contributed by atoms with Gasteiger partial charge in [-0.25, -0.2) is 9.78 Å². The van der Waals surface area contributed by atoms with Crippen LogP contribution in [0.2, 0.25) is 5.15 Å². The summed E-state index contributed by atoms with van der Waals surface area (Å²) < 4.78 is 5.07. The number of rotatable bonds is 5. The second-order valence-corrected chi connectivity index (χ2v) is 3.99. The van der Waals surface area contributed by atoms with Gasteiger partial charge in [0.15, 0.2) is 0 Å². The van der Waals surface area contributed by atoms with Crippen LogP contribution in [0.1, 0.15) is 16.8 Å². The smallest absolute Gasteiger partial charge is 0.341 e. The quantitative estimate of drug-likeness (QED) is 0.471. The van der Waals surface area contributed by atoms with Gasteiger partial charge in [-0.3, -0.25) is 0 Å². The van der Waals surface area contributed by atoms with Crippen molar-refractivity contribution in [1.82, 2.24) is 9.88 Å². The monoisotopic (exact) mass is 278 g/mol. The SMILES string of the molecule is CN(C)CCCOC(=O)c1cccnc1Cl.Cl. The third-order valence-corrected chi connectivity index (χ3v) is 2.26. The van der Waals surface area contributed by atoms with E-state index in [1.54, 1.807) is 12.1 Å². The molecule has 0 fully saturated rings. The van der Waals surface area contributed by atoms with Crippen molar-refractivity contribution in [1.29, 1.82) is 0 Å². The van der Waals surface area contributed by atoms with Crippen LogP contribution in [0.3, 0.4) is 0 Å². The van der Waals surface area contributed by atoms with Gasteiger partial charge in [0.2, 0.25) is 0 Å². The lowest BCUT2D eigenvalue weighted by Gasteiger charge is -2.09. The molecular weight excluding hydrogens is 263 g/mol. The molecule has 0 aromatic carbocycles. The molecule has 17 heavy (non-hydrogen) atoms. The van der Waals surface area contributed by atoms with Gasteiger partial charge < -0.3 is 9.64 Å². The topological polar surface area (TPSA) is 42.4 Å². The summed E-state index contributed by atoms with van der Waals surface area (Å²) in [5.41, 5.74) is 0.314. The predicted molar refractivity (Wildman–Crippen MR) is 69.9 cm³/mol. The van der Waals surface area contributed by atoms with Crippen molar-refractivity contribution in [2.75, 3.05) is 27.2 Å². The van der Waals surface area contributed by atoms with Gasteiger partial charge in [-0.15, -0.1) is 12.4 Å². The highest BCUT2D eigenvalue weighted by Gasteiger charge is 2.11. The summed E-state index contributed by atoms with van der Waals surface area (Å²) in [4.78, 5) is 17.4. The number of hydrogen-bond acceptors (Lipinski definition) is 4. The van der Waals surface area contributed by atoms with Crippen molar-refractivity contribution in [2.45, 2.75) is 6.42 Å². The second kappa shape index (κ2) is 8.28. The fourth-order valence-corrected chi connectivity index (χ4v) is 1.36. The van der Waals surface area contributed by atoms with E-state index in [9.17, 15) is 4.79 Å². The Bertz CT molecular complexity index is 359. The van der Waals surface area contributed by atoms with E-state index in [1.165, 1.54) is 6.20 Å². The van der Waals surface area contributed by atoms with Gasteiger partial charge in [0, 0.05) is 12.7 Å². The average Bonchev–Trinajstić information content (AvgIpc) is 2.24. The number of halogens is 2. The van der Waals surface area contributed by atoms with Gasteiger partial charge in [-0.2, -0.15) is 0 Å². The number of nitrogens with zero attached hydrogens (tertiary/aromatic N) is 2. The van der Waals surface area contributed by atoms with Gasteiger partial charge in [0.1, 0.15) is 5.15 Å². The zero-order valence-corrected chi connectivity index (χ0v) is 11.4. The van der Waals surface area contributed by atoms with Gasteiger partial charge in [0.25, 0.3) is 0 Å². The van der Waals surface area contributed by atoms with E-state index in [2.05, 4.69) is 4.98 Å². The maximum atomic E-state index is 11.5. The Labute approximate surface area is 112 Å². The highest BCUT2D eigenvalue weighted by Crippen LogP contribution is 2.12. The molecule has 0 aliphatic heterocycles. The van der Waals surface area contributed by atoms with E-state index in [4.69, 9.17) is 16.3 Å². The molecule has 0 unspecified atom stereocenters. The Balaban J connectivity index is 0.00000256. The largest absolute Gasteiger partial charge is 0.462 e. The normalized spacial score (nSPS) is 9.88. The van der Waals surface area contributed by atoms with Crippen LogP contribution in [0.15, 0.2) is 18.3 Å². The summed E-state index contributed by atoms with van der Waals surface area (Å²) in [6, 6.07) is 3.26. The summed E-state index contributed by atoms with van der Waals surface area (Å²) in [6.07, 6.45) is 2.34. The molecule has 0 atom stereocenters.